The number of thiocarbonyl (C=S) groups is 1. The number of hydrogen-bond donors (Lipinski definition) is 2. The molecule has 0 aliphatic carbocycles. The van der Waals surface area contributed by atoms with Crippen LogP contribution in [0.25, 0.3) is 0 Å². The Balaban J connectivity index is 1.87. The van der Waals surface area contributed by atoms with Gasteiger partial charge in [0.1, 0.15) is 5.75 Å². The molecule has 22 heavy (non-hydrogen) atoms. The van der Waals surface area contributed by atoms with E-state index in [1.807, 2.05) is 37.3 Å². The first kappa shape index (κ1) is 16.0. The molecule has 0 saturated heterocycles. The summed E-state index contributed by atoms with van der Waals surface area (Å²) in [7, 11) is 1.60. The van der Waals surface area contributed by atoms with Crippen molar-refractivity contribution in [3.63, 3.8) is 0 Å². The molecule has 1 aromatic heterocycles. The van der Waals surface area contributed by atoms with Crippen molar-refractivity contribution < 1.29 is 9.47 Å². The van der Waals surface area contributed by atoms with Gasteiger partial charge in [0.25, 0.3) is 0 Å². The van der Waals surface area contributed by atoms with Gasteiger partial charge in [0.2, 0.25) is 0 Å². The van der Waals surface area contributed by atoms with E-state index >= 15 is 0 Å². The van der Waals surface area contributed by atoms with E-state index < -0.39 is 0 Å². The number of rotatable bonds is 6. The lowest BCUT2D eigenvalue weighted by Crippen LogP contribution is -2.28. The van der Waals surface area contributed by atoms with Crippen LogP contribution in [0.3, 0.4) is 0 Å². The van der Waals surface area contributed by atoms with Crippen molar-refractivity contribution in [3.8, 4) is 11.5 Å². The predicted molar refractivity (Wildman–Crippen MR) is 91.5 cm³/mol. The lowest BCUT2D eigenvalue weighted by molar-refractivity contribution is 0.340. The molecule has 0 aliphatic heterocycles. The Kier molecular flexibility index (Phi) is 5.97. The molecule has 2 N–H and O–H groups in total. The molecule has 2 aromatic rings. The summed E-state index contributed by atoms with van der Waals surface area (Å²) < 4.78 is 10.6. The van der Waals surface area contributed by atoms with E-state index in [1.165, 1.54) is 0 Å². The number of methoxy groups -OCH3 is 1. The Morgan fingerprint density at radius 2 is 2.00 bits per heavy atom. The molecule has 0 unspecified atom stereocenters. The average molecular weight is 317 g/mol. The maximum Gasteiger partial charge on any atom is 0.174 e. The summed E-state index contributed by atoms with van der Waals surface area (Å²) in [4.78, 5) is 4.20. The second kappa shape index (κ2) is 8.19. The zero-order valence-electron chi connectivity index (χ0n) is 12.6. The van der Waals surface area contributed by atoms with Crippen LogP contribution in [-0.4, -0.2) is 23.8 Å². The second-order valence-corrected chi connectivity index (χ2v) is 4.85. The summed E-state index contributed by atoms with van der Waals surface area (Å²) in [5.74, 6) is 2.10. The number of nitrogens with one attached hydrogen (secondary N) is 2. The molecule has 116 valence electrons. The fourth-order valence-corrected chi connectivity index (χ4v) is 2.02. The molecular formula is C16H19N3O2S. The molecule has 2 rings (SSSR count). The fourth-order valence-electron chi connectivity index (χ4n) is 1.85. The summed E-state index contributed by atoms with van der Waals surface area (Å²) in [5.41, 5.74) is 1.11. The highest BCUT2D eigenvalue weighted by Gasteiger charge is 2.05. The van der Waals surface area contributed by atoms with Crippen LogP contribution in [0.15, 0.2) is 42.6 Å². The predicted octanol–water partition coefficient (Wildman–Crippen LogP) is 2.98. The molecule has 0 saturated carbocycles. The number of pyridine rings is 1. The Bertz CT molecular complexity index is 617. The molecule has 1 heterocycles. The quantitative estimate of drug-likeness (QED) is 0.799. The highest BCUT2D eigenvalue weighted by molar-refractivity contribution is 7.80. The summed E-state index contributed by atoms with van der Waals surface area (Å²) in [6, 6.07) is 11.5. The SMILES string of the molecule is CCOc1ccc(CNC(=S)Nc2ncccc2OC)cc1. The Labute approximate surface area is 135 Å². The van der Waals surface area contributed by atoms with Crippen molar-refractivity contribution in [1.29, 1.82) is 0 Å². The van der Waals surface area contributed by atoms with Crippen LogP contribution in [-0.2, 0) is 6.54 Å². The lowest BCUT2D eigenvalue weighted by atomic mass is 10.2. The molecule has 1 aromatic carbocycles. The molecule has 0 fully saturated rings. The van der Waals surface area contributed by atoms with Crippen LogP contribution in [0, 0.1) is 0 Å². The molecule has 6 heteroatoms. The van der Waals surface area contributed by atoms with Crippen molar-refractivity contribution >= 4 is 23.1 Å². The second-order valence-electron chi connectivity index (χ2n) is 4.44. The number of aromatic nitrogens is 1. The molecule has 5 nitrogen and oxygen atoms in total. The van der Waals surface area contributed by atoms with Gasteiger partial charge >= 0.3 is 0 Å². The minimum Gasteiger partial charge on any atom is -0.494 e. The van der Waals surface area contributed by atoms with Gasteiger partial charge in [-0.05, 0) is 49.0 Å². The zero-order chi connectivity index (χ0) is 15.8. The van der Waals surface area contributed by atoms with Gasteiger partial charge in [0.05, 0.1) is 13.7 Å². The highest BCUT2D eigenvalue weighted by atomic mass is 32.1. The summed E-state index contributed by atoms with van der Waals surface area (Å²) in [5, 5.41) is 6.65. The van der Waals surface area contributed by atoms with Crippen molar-refractivity contribution in [2.45, 2.75) is 13.5 Å². The van der Waals surface area contributed by atoms with Crippen LogP contribution in [0.2, 0.25) is 0 Å². The van der Waals surface area contributed by atoms with Gasteiger partial charge in [-0.15, -0.1) is 0 Å². The monoisotopic (exact) mass is 317 g/mol. The molecular weight excluding hydrogens is 298 g/mol. The van der Waals surface area contributed by atoms with Crippen molar-refractivity contribution in [2.24, 2.45) is 0 Å². The third kappa shape index (κ3) is 4.60. The van der Waals surface area contributed by atoms with E-state index in [2.05, 4.69) is 15.6 Å². The molecule has 0 spiro atoms. The third-order valence-electron chi connectivity index (χ3n) is 2.91. The van der Waals surface area contributed by atoms with E-state index in [0.29, 0.717) is 29.8 Å². The van der Waals surface area contributed by atoms with Crippen LogP contribution in [0.4, 0.5) is 5.82 Å². The Morgan fingerprint density at radius 3 is 2.68 bits per heavy atom. The van der Waals surface area contributed by atoms with Gasteiger partial charge in [0, 0.05) is 12.7 Å². The first-order valence-electron chi connectivity index (χ1n) is 6.98. The van der Waals surface area contributed by atoms with E-state index in [-0.39, 0.29) is 0 Å². The molecule has 0 amide bonds. The molecule has 0 bridgehead atoms. The van der Waals surface area contributed by atoms with Crippen LogP contribution < -0.4 is 20.1 Å². The van der Waals surface area contributed by atoms with Crippen LogP contribution in [0.5, 0.6) is 11.5 Å². The number of hydrogen-bond acceptors (Lipinski definition) is 4. The van der Waals surface area contributed by atoms with Crippen molar-refractivity contribution in [1.82, 2.24) is 10.3 Å². The first-order valence-corrected chi connectivity index (χ1v) is 7.39. The maximum absolute atomic E-state index is 5.41. The topological polar surface area (TPSA) is 55.4 Å². The van der Waals surface area contributed by atoms with E-state index in [9.17, 15) is 0 Å². The van der Waals surface area contributed by atoms with Gasteiger partial charge in [-0.2, -0.15) is 0 Å². The number of anilines is 1. The number of benzene rings is 1. The Morgan fingerprint density at radius 1 is 1.23 bits per heavy atom. The van der Waals surface area contributed by atoms with E-state index in [4.69, 9.17) is 21.7 Å². The number of nitrogens with zero attached hydrogens (tertiary/aromatic N) is 1. The molecule has 0 atom stereocenters. The van der Waals surface area contributed by atoms with E-state index in [0.717, 1.165) is 11.3 Å². The van der Waals surface area contributed by atoms with Gasteiger partial charge < -0.3 is 20.1 Å². The van der Waals surface area contributed by atoms with Gasteiger partial charge in [-0.1, -0.05) is 12.1 Å². The average Bonchev–Trinajstić information content (AvgIpc) is 2.55. The van der Waals surface area contributed by atoms with Gasteiger partial charge in [-0.3, -0.25) is 0 Å². The van der Waals surface area contributed by atoms with E-state index in [1.54, 1.807) is 19.4 Å². The Hall–Kier alpha value is -2.34. The lowest BCUT2D eigenvalue weighted by Gasteiger charge is -2.12. The minimum absolute atomic E-state index is 0.492. The third-order valence-corrected chi connectivity index (χ3v) is 3.16. The molecule has 0 aliphatic rings. The largest absolute Gasteiger partial charge is 0.494 e. The maximum atomic E-state index is 5.41. The smallest absolute Gasteiger partial charge is 0.174 e. The van der Waals surface area contributed by atoms with Crippen LogP contribution >= 0.6 is 12.2 Å². The van der Waals surface area contributed by atoms with Crippen molar-refractivity contribution in [2.75, 3.05) is 19.0 Å². The minimum atomic E-state index is 0.492. The fraction of sp³-hybridized carbons (Fsp3) is 0.250. The standard InChI is InChI=1S/C16H19N3O2S/c1-3-21-13-8-6-12(7-9-13)11-18-16(22)19-15-14(20-2)5-4-10-17-15/h4-10H,3,11H2,1-2H3,(H2,17,18,19,22). The van der Waals surface area contributed by atoms with Crippen LogP contribution in [0.1, 0.15) is 12.5 Å². The summed E-state index contributed by atoms with van der Waals surface area (Å²) in [6.07, 6.45) is 1.68. The summed E-state index contributed by atoms with van der Waals surface area (Å²) >= 11 is 5.27. The number of ether oxygens (including phenoxy) is 2. The van der Waals surface area contributed by atoms with Gasteiger partial charge in [-0.25, -0.2) is 4.98 Å². The normalized spacial score (nSPS) is 9.91. The summed E-state index contributed by atoms with van der Waals surface area (Å²) in [6.45, 7) is 3.25. The first-order chi connectivity index (χ1) is 10.7. The van der Waals surface area contributed by atoms with Crippen molar-refractivity contribution in [3.05, 3.63) is 48.2 Å². The van der Waals surface area contributed by atoms with Gasteiger partial charge in [0.15, 0.2) is 16.7 Å². The zero-order valence-corrected chi connectivity index (χ0v) is 13.4. The highest BCUT2D eigenvalue weighted by Crippen LogP contribution is 2.19. The molecule has 0 radical (unpaired) electrons.